The molecule has 2 heteroatoms. The maximum absolute atomic E-state index is 4.01. The first-order valence-corrected chi connectivity index (χ1v) is 10.2. The Bertz CT molecular complexity index is 659. The van der Waals surface area contributed by atoms with E-state index in [1.165, 1.54) is 0 Å². The molecule has 0 aliphatic heterocycles. The van der Waals surface area contributed by atoms with Crippen molar-refractivity contribution in [3.8, 4) is 0 Å². The quantitative estimate of drug-likeness (QED) is 0.463. The highest BCUT2D eigenvalue weighted by Crippen LogP contribution is 2.26. The monoisotopic (exact) mass is 380 g/mol. The predicted molar refractivity (Wildman–Crippen MR) is 130 cm³/mol. The Hall–Kier alpha value is -2.74. The maximum Gasteiger partial charge on any atom is 0.0461 e. The second kappa shape index (κ2) is 19.0. The highest BCUT2D eigenvalue weighted by molar-refractivity contribution is 5.63. The van der Waals surface area contributed by atoms with Gasteiger partial charge in [0.15, 0.2) is 0 Å². The largest absolute Gasteiger partial charge is 0.392 e. The van der Waals surface area contributed by atoms with Crippen LogP contribution >= 0.6 is 0 Å². The fraction of sp³-hybridized carbons (Fsp3) is 0.308. The van der Waals surface area contributed by atoms with Crippen LogP contribution in [-0.4, -0.2) is 7.05 Å². The van der Waals surface area contributed by atoms with Crippen LogP contribution in [0.15, 0.2) is 103 Å². The normalized spacial score (nSPS) is 12.1. The summed E-state index contributed by atoms with van der Waals surface area (Å²) in [4.78, 5) is 2.19. The van der Waals surface area contributed by atoms with E-state index in [1.807, 2.05) is 98.0 Å². The smallest absolute Gasteiger partial charge is 0.0461 e. The van der Waals surface area contributed by atoms with Gasteiger partial charge in [0, 0.05) is 29.8 Å². The first-order chi connectivity index (χ1) is 13.7. The second-order valence-corrected chi connectivity index (χ2v) is 5.18. The van der Waals surface area contributed by atoms with Crippen LogP contribution < -0.4 is 10.2 Å². The molecule has 28 heavy (non-hydrogen) atoms. The number of nitrogens with zero attached hydrogens (tertiary/aromatic N) is 1. The van der Waals surface area contributed by atoms with Crippen LogP contribution in [0.1, 0.15) is 48.5 Å². The first-order valence-electron chi connectivity index (χ1n) is 10.2. The van der Waals surface area contributed by atoms with Gasteiger partial charge in [-0.15, -0.1) is 0 Å². The number of benzene rings is 1. The van der Waals surface area contributed by atoms with E-state index in [9.17, 15) is 0 Å². The number of rotatable bonds is 8. The van der Waals surface area contributed by atoms with Gasteiger partial charge in [-0.1, -0.05) is 70.7 Å². The van der Waals surface area contributed by atoms with E-state index in [2.05, 4.69) is 53.2 Å². The number of hydrogen-bond donors (Lipinski definition) is 1. The molecule has 0 fully saturated rings. The molecule has 0 aliphatic carbocycles. The second-order valence-electron chi connectivity index (χ2n) is 5.18. The van der Waals surface area contributed by atoms with Crippen molar-refractivity contribution in [2.24, 2.45) is 0 Å². The third kappa shape index (κ3) is 10.4. The minimum absolute atomic E-state index is 1.00. The number of para-hydroxylation sites is 1. The van der Waals surface area contributed by atoms with Crippen molar-refractivity contribution in [2.45, 2.75) is 48.5 Å². The van der Waals surface area contributed by atoms with Crippen LogP contribution in [0.25, 0.3) is 0 Å². The van der Waals surface area contributed by atoms with E-state index in [-0.39, 0.29) is 0 Å². The van der Waals surface area contributed by atoms with E-state index in [1.54, 1.807) is 0 Å². The van der Waals surface area contributed by atoms with Crippen LogP contribution in [-0.2, 0) is 0 Å². The molecule has 2 nitrogen and oxygen atoms in total. The minimum atomic E-state index is 1.00. The number of anilines is 1. The highest BCUT2D eigenvalue weighted by atomic mass is 15.1. The molecule has 0 bridgehead atoms. The average molecular weight is 381 g/mol. The Kier molecular flexibility index (Phi) is 18.7. The summed E-state index contributed by atoms with van der Waals surface area (Å²) in [6.45, 7) is 18.1. The minimum Gasteiger partial charge on any atom is -0.392 e. The molecule has 0 saturated carbocycles. The first kappa shape index (κ1) is 27.5. The standard InChI is InChI=1S/C22H28N2.2C2H6/c1-6-9-14-21(13-7-2)24(22-15-11-10-12-16-22)20(8-3)18-17-19(4)23-5;2*1-2/h6-18,23H,3H2,1-2,4-5H3;2*1-2H3/b9-6-,13-7-,19-17+,20-18+,21-14+;;. The van der Waals surface area contributed by atoms with Crippen LogP contribution in [0.4, 0.5) is 5.69 Å². The Morgan fingerprint density at radius 2 is 1.50 bits per heavy atom. The lowest BCUT2D eigenvalue weighted by Gasteiger charge is -2.27. The molecule has 0 heterocycles. The van der Waals surface area contributed by atoms with Crippen molar-refractivity contribution in [1.29, 1.82) is 0 Å². The van der Waals surface area contributed by atoms with E-state index >= 15 is 0 Å². The average Bonchev–Trinajstić information content (AvgIpc) is 2.77. The highest BCUT2D eigenvalue weighted by Gasteiger charge is 2.12. The summed E-state index contributed by atoms with van der Waals surface area (Å²) in [5.74, 6) is 0. The third-order valence-electron chi connectivity index (χ3n) is 3.44. The topological polar surface area (TPSA) is 15.3 Å². The third-order valence-corrected chi connectivity index (χ3v) is 3.44. The molecule has 1 aromatic carbocycles. The van der Waals surface area contributed by atoms with Crippen LogP contribution in [0.3, 0.4) is 0 Å². The number of nitrogens with one attached hydrogen (secondary N) is 1. The van der Waals surface area contributed by atoms with Crippen molar-refractivity contribution in [1.82, 2.24) is 5.32 Å². The molecule has 0 amide bonds. The SMILES string of the molecule is C=C/C(=C\C=C(/C)NC)N(C(/C=C\C)=C/C=C\C)c1ccccc1.CC.CC. The summed E-state index contributed by atoms with van der Waals surface area (Å²) in [6.07, 6.45) is 16.3. The van der Waals surface area contributed by atoms with E-state index in [0.29, 0.717) is 0 Å². The predicted octanol–water partition coefficient (Wildman–Crippen LogP) is 7.77. The Balaban J connectivity index is 0. The fourth-order valence-corrected chi connectivity index (χ4v) is 2.12. The zero-order valence-electron chi connectivity index (χ0n) is 19.2. The molecular formula is C26H40N2. The Morgan fingerprint density at radius 3 is 1.96 bits per heavy atom. The van der Waals surface area contributed by atoms with Gasteiger partial charge < -0.3 is 10.2 Å². The lowest BCUT2D eigenvalue weighted by atomic mass is 10.2. The summed E-state index contributed by atoms with van der Waals surface area (Å²) in [5, 5.41) is 3.14. The molecule has 0 aromatic heterocycles. The van der Waals surface area contributed by atoms with Crippen molar-refractivity contribution in [3.63, 3.8) is 0 Å². The number of hydrogen-bond acceptors (Lipinski definition) is 2. The lowest BCUT2D eigenvalue weighted by Crippen LogP contribution is -2.19. The van der Waals surface area contributed by atoms with E-state index in [4.69, 9.17) is 0 Å². The van der Waals surface area contributed by atoms with Gasteiger partial charge in [-0.3, -0.25) is 0 Å². The van der Waals surface area contributed by atoms with Gasteiger partial charge in [0.2, 0.25) is 0 Å². The van der Waals surface area contributed by atoms with Gasteiger partial charge >= 0.3 is 0 Å². The van der Waals surface area contributed by atoms with Crippen molar-refractivity contribution in [3.05, 3.63) is 103 Å². The molecule has 0 unspecified atom stereocenters. The lowest BCUT2D eigenvalue weighted by molar-refractivity contribution is 0.989. The van der Waals surface area contributed by atoms with Crippen LogP contribution in [0.2, 0.25) is 0 Å². The molecule has 154 valence electrons. The van der Waals surface area contributed by atoms with Crippen molar-refractivity contribution in [2.75, 3.05) is 11.9 Å². The Labute approximate surface area is 174 Å². The van der Waals surface area contributed by atoms with Gasteiger partial charge in [-0.2, -0.15) is 0 Å². The summed E-state index contributed by atoms with van der Waals surface area (Å²) in [6, 6.07) is 10.3. The molecule has 0 atom stereocenters. The number of allylic oxidation sites excluding steroid dienone is 9. The molecule has 0 aliphatic rings. The van der Waals surface area contributed by atoms with E-state index in [0.717, 1.165) is 22.8 Å². The van der Waals surface area contributed by atoms with Crippen molar-refractivity contribution >= 4 is 5.69 Å². The zero-order valence-corrected chi connectivity index (χ0v) is 19.2. The molecule has 0 radical (unpaired) electrons. The van der Waals surface area contributed by atoms with Gasteiger partial charge in [0.1, 0.15) is 0 Å². The molecule has 1 rings (SSSR count). The summed E-state index contributed by atoms with van der Waals surface area (Å²) in [7, 11) is 1.92. The fourth-order valence-electron chi connectivity index (χ4n) is 2.12. The van der Waals surface area contributed by atoms with Crippen molar-refractivity contribution < 1.29 is 0 Å². The molecule has 1 aromatic rings. The van der Waals surface area contributed by atoms with E-state index < -0.39 is 0 Å². The molecule has 0 spiro atoms. The van der Waals surface area contributed by atoms with Gasteiger partial charge in [0.25, 0.3) is 0 Å². The van der Waals surface area contributed by atoms with Crippen LogP contribution in [0, 0.1) is 0 Å². The summed E-state index contributed by atoms with van der Waals surface area (Å²) < 4.78 is 0. The van der Waals surface area contributed by atoms with Gasteiger partial charge in [-0.05, 0) is 63.3 Å². The van der Waals surface area contributed by atoms with Crippen LogP contribution in [0.5, 0.6) is 0 Å². The summed E-state index contributed by atoms with van der Waals surface area (Å²) in [5.41, 5.74) is 4.26. The van der Waals surface area contributed by atoms with Gasteiger partial charge in [-0.25, -0.2) is 0 Å². The summed E-state index contributed by atoms with van der Waals surface area (Å²) >= 11 is 0. The molecule has 1 N–H and O–H groups in total. The zero-order chi connectivity index (χ0) is 21.8. The maximum atomic E-state index is 4.01. The molecule has 0 saturated heterocycles. The Morgan fingerprint density at radius 1 is 0.893 bits per heavy atom. The van der Waals surface area contributed by atoms with Gasteiger partial charge in [0.05, 0.1) is 0 Å². The molecular weight excluding hydrogens is 340 g/mol.